The van der Waals surface area contributed by atoms with Gasteiger partial charge in [0.2, 0.25) is 10.0 Å². The fourth-order valence-corrected chi connectivity index (χ4v) is 4.39. The second-order valence-electron chi connectivity index (χ2n) is 7.31. The third-order valence-corrected chi connectivity index (χ3v) is 6.30. The van der Waals surface area contributed by atoms with Crippen LogP contribution in [0.4, 0.5) is 15.8 Å². The third-order valence-electron chi connectivity index (χ3n) is 4.86. The topological polar surface area (TPSA) is 84.9 Å². The molecule has 0 radical (unpaired) electrons. The number of amides is 1. The molecule has 0 spiro atoms. The van der Waals surface area contributed by atoms with Crippen molar-refractivity contribution >= 4 is 38.9 Å². The van der Waals surface area contributed by atoms with Gasteiger partial charge in [-0.05, 0) is 67.6 Å². The smallest absolute Gasteiger partial charge is 0.255 e. The van der Waals surface area contributed by atoms with Crippen LogP contribution in [0.15, 0.2) is 60.7 Å². The second kappa shape index (κ2) is 10.8. The highest BCUT2D eigenvalue weighted by molar-refractivity contribution is 7.92. The van der Waals surface area contributed by atoms with Gasteiger partial charge in [-0.15, -0.1) is 0 Å². The molecule has 0 aliphatic heterocycles. The van der Waals surface area contributed by atoms with Crippen LogP contribution in [0.25, 0.3) is 0 Å². The van der Waals surface area contributed by atoms with E-state index in [0.717, 1.165) is 10.6 Å². The molecule has 0 saturated carbocycles. The summed E-state index contributed by atoms with van der Waals surface area (Å²) in [6.45, 7) is 2.03. The fraction of sp³-hybridized carbons (Fsp3) is 0.208. The van der Waals surface area contributed by atoms with Crippen LogP contribution in [0.5, 0.6) is 11.5 Å². The molecule has 3 aromatic rings. The predicted molar refractivity (Wildman–Crippen MR) is 131 cm³/mol. The number of anilines is 2. The first-order chi connectivity index (χ1) is 16.1. The van der Waals surface area contributed by atoms with Gasteiger partial charge in [0.15, 0.2) is 0 Å². The summed E-state index contributed by atoms with van der Waals surface area (Å²) in [5.41, 5.74) is 1.51. The van der Waals surface area contributed by atoms with E-state index in [2.05, 4.69) is 5.32 Å². The first-order valence-corrected chi connectivity index (χ1v) is 12.5. The Morgan fingerprint density at radius 1 is 1.06 bits per heavy atom. The molecule has 3 rings (SSSR count). The molecular formula is C24H24ClFN2O5S. The Labute approximate surface area is 203 Å². The van der Waals surface area contributed by atoms with Gasteiger partial charge in [0.25, 0.3) is 5.91 Å². The van der Waals surface area contributed by atoms with E-state index in [0.29, 0.717) is 34.4 Å². The number of carbonyl (C=O) groups is 1. The number of methoxy groups -OCH3 is 1. The van der Waals surface area contributed by atoms with Crippen LogP contribution in [0.2, 0.25) is 5.02 Å². The molecule has 34 heavy (non-hydrogen) atoms. The van der Waals surface area contributed by atoms with Gasteiger partial charge < -0.3 is 14.8 Å². The molecule has 0 heterocycles. The Kier molecular flexibility index (Phi) is 8.01. The van der Waals surface area contributed by atoms with Crippen molar-refractivity contribution in [2.45, 2.75) is 13.5 Å². The van der Waals surface area contributed by atoms with E-state index in [1.165, 1.54) is 31.4 Å². The van der Waals surface area contributed by atoms with Crippen molar-refractivity contribution in [2.75, 3.05) is 29.6 Å². The van der Waals surface area contributed by atoms with E-state index in [4.69, 9.17) is 21.1 Å². The fourth-order valence-electron chi connectivity index (χ4n) is 3.25. The molecule has 0 aliphatic carbocycles. The Balaban J connectivity index is 1.94. The SMILES string of the molecule is CCOc1ccc(C(=O)Nc2ccc(OC)c(Cl)c2)cc1CN(c1ccc(F)cc1)S(C)(=O)=O. The summed E-state index contributed by atoms with van der Waals surface area (Å²) in [6, 6.07) is 14.7. The average molecular weight is 507 g/mol. The zero-order chi connectivity index (χ0) is 24.9. The number of rotatable bonds is 9. The van der Waals surface area contributed by atoms with Crippen molar-refractivity contribution < 1.29 is 27.1 Å². The van der Waals surface area contributed by atoms with E-state index >= 15 is 0 Å². The van der Waals surface area contributed by atoms with Crippen LogP contribution in [0.1, 0.15) is 22.8 Å². The molecule has 0 aliphatic rings. The molecule has 1 amide bonds. The minimum atomic E-state index is -3.73. The number of hydrogen-bond donors (Lipinski definition) is 1. The molecular weight excluding hydrogens is 483 g/mol. The minimum absolute atomic E-state index is 0.116. The highest BCUT2D eigenvalue weighted by Gasteiger charge is 2.21. The lowest BCUT2D eigenvalue weighted by molar-refractivity contribution is 0.102. The molecule has 10 heteroatoms. The summed E-state index contributed by atoms with van der Waals surface area (Å²) >= 11 is 6.13. The van der Waals surface area contributed by atoms with Crippen molar-refractivity contribution in [3.05, 3.63) is 82.6 Å². The maximum atomic E-state index is 13.4. The third kappa shape index (κ3) is 6.18. The Morgan fingerprint density at radius 2 is 1.74 bits per heavy atom. The molecule has 0 atom stereocenters. The Bertz CT molecular complexity index is 1280. The summed E-state index contributed by atoms with van der Waals surface area (Å²) in [5, 5.41) is 3.10. The normalized spacial score (nSPS) is 11.1. The quantitative estimate of drug-likeness (QED) is 0.436. The van der Waals surface area contributed by atoms with E-state index in [1.54, 1.807) is 43.3 Å². The van der Waals surface area contributed by atoms with Crippen LogP contribution in [-0.4, -0.2) is 34.3 Å². The number of carbonyl (C=O) groups excluding carboxylic acids is 1. The Morgan fingerprint density at radius 3 is 2.32 bits per heavy atom. The second-order valence-corrected chi connectivity index (χ2v) is 9.62. The number of nitrogens with one attached hydrogen (secondary N) is 1. The molecule has 0 saturated heterocycles. The zero-order valence-electron chi connectivity index (χ0n) is 18.8. The Hall–Kier alpha value is -3.30. The van der Waals surface area contributed by atoms with Crippen LogP contribution in [0.3, 0.4) is 0 Å². The van der Waals surface area contributed by atoms with Crippen molar-refractivity contribution in [2.24, 2.45) is 0 Å². The van der Waals surface area contributed by atoms with E-state index in [-0.39, 0.29) is 17.8 Å². The lowest BCUT2D eigenvalue weighted by Crippen LogP contribution is -2.29. The standard InChI is InChI=1S/C24H24ClFN2O5S/c1-4-33-22-11-5-16(24(29)27-19-8-12-23(32-2)21(25)14-19)13-17(22)15-28(34(3,30)31)20-9-6-18(26)7-10-20/h5-14H,4,15H2,1-3H3,(H,27,29). The highest BCUT2D eigenvalue weighted by atomic mass is 35.5. The first-order valence-electron chi connectivity index (χ1n) is 10.3. The molecule has 0 unspecified atom stereocenters. The van der Waals surface area contributed by atoms with Gasteiger partial charge in [-0.3, -0.25) is 9.10 Å². The van der Waals surface area contributed by atoms with Gasteiger partial charge in [-0.2, -0.15) is 0 Å². The number of sulfonamides is 1. The summed E-state index contributed by atoms with van der Waals surface area (Å²) in [4.78, 5) is 12.9. The lowest BCUT2D eigenvalue weighted by atomic mass is 10.1. The number of benzene rings is 3. The summed E-state index contributed by atoms with van der Waals surface area (Å²) < 4.78 is 50.3. The van der Waals surface area contributed by atoms with E-state index in [1.807, 2.05) is 0 Å². The molecule has 0 aromatic heterocycles. The largest absolute Gasteiger partial charge is 0.495 e. The maximum absolute atomic E-state index is 13.4. The monoisotopic (exact) mass is 506 g/mol. The van der Waals surface area contributed by atoms with Crippen LogP contribution >= 0.6 is 11.6 Å². The van der Waals surface area contributed by atoms with E-state index in [9.17, 15) is 17.6 Å². The molecule has 7 nitrogen and oxygen atoms in total. The van der Waals surface area contributed by atoms with Gasteiger partial charge in [-0.1, -0.05) is 11.6 Å². The summed E-state index contributed by atoms with van der Waals surface area (Å²) in [5.74, 6) is 0.00899. The number of hydrogen-bond acceptors (Lipinski definition) is 5. The van der Waals surface area contributed by atoms with Crippen LogP contribution in [-0.2, 0) is 16.6 Å². The lowest BCUT2D eigenvalue weighted by Gasteiger charge is -2.24. The van der Waals surface area contributed by atoms with Crippen LogP contribution < -0.4 is 19.1 Å². The molecule has 0 fully saturated rings. The van der Waals surface area contributed by atoms with Crippen molar-refractivity contribution in [3.63, 3.8) is 0 Å². The average Bonchev–Trinajstić information content (AvgIpc) is 2.78. The molecule has 0 bridgehead atoms. The van der Waals surface area contributed by atoms with Gasteiger partial charge in [0.05, 0.1) is 37.2 Å². The first kappa shape index (κ1) is 25.3. The van der Waals surface area contributed by atoms with E-state index < -0.39 is 21.7 Å². The van der Waals surface area contributed by atoms with Crippen molar-refractivity contribution in [3.8, 4) is 11.5 Å². The highest BCUT2D eigenvalue weighted by Crippen LogP contribution is 2.29. The molecule has 1 N–H and O–H groups in total. The zero-order valence-corrected chi connectivity index (χ0v) is 20.4. The molecule has 3 aromatic carbocycles. The van der Waals surface area contributed by atoms with Crippen LogP contribution in [0, 0.1) is 5.82 Å². The van der Waals surface area contributed by atoms with Gasteiger partial charge >= 0.3 is 0 Å². The van der Waals surface area contributed by atoms with Crippen molar-refractivity contribution in [1.82, 2.24) is 0 Å². The van der Waals surface area contributed by atoms with Gasteiger partial charge in [0, 0.05) is 16.8 Å². The van der Waals surface area contributed by atoms with Gasteiger partial charge in [-0.25, -0.2) is 12.8 Å². The summed E-state index contributed by atoms with van der Waals surface area (Å²) in [6.07, 6.45) is 1.06. The number of nitrogens with zero attached hydrogens (tertiary/aromatic N) is 1. The maximum Gasteiger partial charge on any atom is 0.255 e. The number of halogens is 2. The van der Waals surface area contributed by atoms with Crippen molar-refractivity contribution in [1.29, 1.82) is 0 Å². The van der Waals surface area contributed by atoms with Gasteiger partial charge in [0.1, 0.15) is 17.3 Å². The predicted octanol–water partition coefficient (Wildman–Crippen LogP) is 5.10. The minimum Gasteiger partial charge on any atom is -0.495 e. The molecule has 180 valence electrons. The number of ether oxygens (including phenoxy) is 2. The summed E-state index contributed by atoms with van der Waals surface area (Å²) in [7, 11) is -2.23.